The second-order valence-electron chi connectivity index (χ2n) is 6.99. The van der Waals surface area contributed by atoms with Gasteiger partial charge in [0.1, 0.15) is 0 Å². The lowest BCUT2D eigenvalue weighted by atomic mass is 10.1. The van der Waals surface area contributed by atoms with Gasteiger partial charge in [-0.1, -0.05) is 0 Å². The summed E-state index contributed by atoms with van der Waals surface area (Å²) in [6.45, 7) is 0.348. The van der Waals surface area contributed by atoms with Crippen LogP contribution in [0.5, 0.6) is 5.88 Å². The minimum atomic E-state index is -4.33. The number of rotatable bonds is 7. The molecule has 1 saturated heterocycles. The lowest BCUT2D eigenvalue weighted by Crippen LogP contribution is -2.40. The van der Waals surface area contributed by atoms with Crippen LogP contribution in [0, 0.1) is 11.2 Å². The Morgan fingerprint density at radius 2 is 2.19 bits per heavy atom. The van der Waals surface area contributed by atoms with E-state index in [1.54, 1.807) is 0 Å². The van der Waals surface area contributed by atoms with Crippen molar-refractivity contribution in [2.45, 2.75) is 44.4 Å². The number of alkyl halides is 3. The highest BCUT2D eigenvalue weighted by molar-refractivity contribution is 5.82. The van der Waals surface area contributed by atoms with Gasteiger partial charge in [0.25, 0.3) is 0 Å². The van der Waals surface area contributed by atoms with Crippen LogP contribution in [0.1, 0.15) is 31.2 Å². The first kappa shape index (κ1) is 19.7. The van der Waals surface area contributed by atoms with Gasteiger partial charge in [-0.15, -0.1) is 0 Å². The van der Waals surface area contributed by atoms with E-state index in [1.165, 1.54) is 7.11 Å². The van der Waals surface area contributed by atoms with Crippen molar-refractivity contribution in [3.05, 3.63) is 17.4 Å². The van der Waals surface area contributed by atoms with E-state index in [2.05, 4.69) is 20.9 Å². The number of hydrogen-bond acceptors (Lipinski definition) is 5. The summed E-state index contributed by atoms with van der Waals surface area (Å²) in [5.41, 5.74) is -1.50. The molecule has 10 heteroatoms. The van der Waals surface area contributed by atoms with Crippen LogP contribution in [0.3, 0.4) is 0 Å². The number of amides is 1. The predicted molar refractivity (Wildman–Crippen MR) is 89.8 cm³/mol. The first-order chi connectivity index (χ1) is 12.8. The van der Waals surface area contributed by atoms with Crippen LogP contribution < -0.4 is 20.7 Å². The second-order valence-corrected chi connectivity index (χ2v) is 6.99. The molecule has 1 aromatic heterocycles. The van der Waals surface area contributed by atoms with E-state index >= 15 is 0 Å². The lowest BCUT2D eigenvalue weighted by molar-refractivity contribution is -0.182. The number of pyridine rings is 1. The number of nitrogens with one attached hydrogen (secondary N) is 3. The van der Waals surface area contributed by atoms with Crippen molar-refractivity contribution in [1.29, 1.82) is 0 Å². The Morgan fingerprint density at radius 3 is 2.74 bits per heavy atom. The summed E-state index contributed by atoms with van der Waals surface area (Å²) < 4.78 is 58.4. The minimum absolute atomic E-state index is 0.0108. The van der Waals surface area contributed by atoms with Gasteiger partial charge in [-0.2, -0.15) is 18.2 Å². The molecule has 1 aromatic rings. The van der Waals surface area contributed by atoms with E-state index < -0.39 is 24.0 Å². The zero-order valence-corrected chi connectivity index (χ0v) is 14.9. The first-order valence-electron chi connectivity index (χ1n) is 8.81. The van der Waals surface area contributed by atoms with Crippen LogP contribution in [0.2, 0.25) is 0 Å². The third-order valence-corrected chi connectivity index (χ3v) is 5.09. The van der Waals surface area contributed by atoms with E-state index in [0.717, 1.165) is 25.5 Å². The number of nitrogens with zero attached hydrogens (tertiary/aromatic N) is 1. The van der Waals surface area contributed by atoms with Gasteiger partial charge in [0.2, 0.25) is 11.8 Å². The molecule has 0 unspecified atom stereocenters. The third-order valence-electron chi connectivity index (χ3n) is 5.09. The molecule has 1 aliphatic carbocycles. The topological polar surface area (TPSA) is 75.3 Å². The fourth-order valence-corrected chi connectivity index (χ4v) is 3.12. The Labute approximate surface area is 154 Å². The van der Waals surface area contributed by atoms with Crippen molar-refractivity contribution in [3.63, 3.8) is 0 Å². The van der Waals surface area contributed by atoms with Gasteiger partial charge < -0.3 is 20.7 Å². The smallest absolute Gasteiger partial charge is 0.396 e. The van der Waals surface area contributed by atoms with Crippen LogP contribution in [-0.2, 0) is 11.3 Å². The van der Waals surface area contributed by atoms with Gasteiger partial charge in [-0.3, -0.25) is 4.79 Å². The van der Waals surface area contributed by atoms with Crippen molar-refractivity contribution < 1.29 is 27.1 Å². The predicted octanol–water partition coefficient (Wildman–Crippen LogP) is 2.35. The van der Waals surface area contributed by atoms with Crippen molar-refractivity contribution >= 4 is 11.7 Å². The maximum Gasteiger partial charge on any atom is 0.396 e. The molecule has 0 aromatic carbocycles. The summed E-state index contributed by atoms with van der Waals surface area (Å²) >= 11 is 0. The van der Waals surface area contributed by atoms with E-state index in [-0.39, 0.29) is 43.0 Å². The number of halogens is 4. The fraction of sp³-hybridized carbons (Fsp3) is 0.647. The van der Waals surface area contributed by atoms with E-state index in [0.29, 0.717) is 5.56 Å². The number of aromatic nitrogens is 1. The average molecular weight is 390 g/mol. The average Bonchev–Trinajstić information content (AvgIpc) is 3.23. The standard InChI is InChI=1S/C17H22F4N4O2/c1-27-15-10(8-23-14(26)12-3-2-6-22-12)7-11(18)13(25-15)24-9-16(4-5-16)17(19,20)21/h7,12,22H,2-6,8-9H2,1H3,(H,23,26)(H,24,25)/t12-/m0/s1. The number of anilines is 1. The summed E-state index contributed by atoms with van der Waals surface area (Å²) in [5, 5.41) is 8.20. The molecule has 1 aliphatic heterocycles. The molecule has 6 nitrogen and oxygen atoms in total. The minimum Gasteiger partial charge on any atom is -0.481 e. The van der Waals surface area contributed by atoms with E-state index in [1.807, 2.05) is 0 Å². The number of methoxy groups -OCH3 is 1. The van der Waals surface area contributed by atoms with Gasteiger partial charge in [0, 0.05) is 18.7 Å². The summed E-state index contributed by atoms with van der Waals surface area (Å²) in [7, 11) is 1.33. The molecule has 150 valence electrons. The molecule has 0 radical (unpaired) electrons. The first-order valence-corrected chi connectivity index (χ1v) is 8.81. The zero-order valence-electron chi connectivity index (χ0n) is 14.9. The summed E-state index contributed by atoms with van der Waals surface area (Å²) in [5.74, 6) is -1.24. The maximum absolute atomic E-state index is 14.3. The summed E-state index contributed by atoms with van der Waals surface area (Å²) in [4.78, 5) is 16.0. The van der Waals surface area contributed by atoms with Crippen LogP contribution in [0.25, 0.3) is 0 Å². The third kappa shape index (κ3) is 4.26. The molecule has 1 atom stereocenters. The van der Waals surface area contributed by atoms with Crippen molar-refractivity contribution in [2.75, 3.05) is 25.5 Å². The molecule has 2 aliphatic rings. The normalized spacial score (nSPS) is 21.0. The Morgan fingerprint density at radius 1 is 1.44 bits per heavy atom. The summed E-state index contributed by atoms with van der Waals surface area (Å²) in [6, 6.07) is 0.843. The van der Waals surface area contributed by atoms with Gasteiger partial charge >= 0.3 is 6.18 Å². The molecule has 27 heavy (non-hydrogen) atoms. The molecular weight excluding hydrogens is 368 g/mol. The molecule has 2 heterocycles. The van der Waals surface area contributed by atoms with Gasteiger partial charge in [0.15, 0.2) is 11.6 Å². The molecule has 2 fully saturated rings. The summed E-state index contributed by atoms with van der Waals surface area (Å²) in [6.07, 6.45) is -2.65. The van der Waals surface area contributed by atoms with Crippen LogP contribution in [0.15, 0.2) is 6.07 Å². The number of hydrogen-bond donors (Lipinski definition) is 3. The number of ether oxygens (including phenoxy) is 1. The van der Waals surface area contributed by atoms with Crippen LogP contribution in [-0.4, -0.2) is 43.3 Å². The maximum atomic E-state index is 14.3. The highest BCUT2D eigenvalue weighted by atomic mass is 19.4. The molecule has 1 amide bonds. The van der Waals surface area contributed by atoms with E-state index in [9.17, 15) is 22.4 Å². The number of carbonyl (C=O) groups excluding carboxylic acids is 1. The number of carbonyl (C=O) groups is 1. The SMILES string of the molecule is COc1nc(NCC2(C(F)(F)F)CC2)c(F)cc1CNC(=O)[C@@H]1CCCN1. The Kier molecular flexibility index (Phi) is 5.45. The monoisotopic (exact) mass is 390 g/mol. The Bertz CT molecular complexity index is 701. The molecule has 1 saturated carbocycles. The van der Waals surface area contributed by atoms with Crippen molar-refractivity contribution in [3.8, 4) is 5.88 Å². The van der Waals surface area contributed by atoms with Crippen LogP contribution >= 0.6 is 0 Å². The Hall–Kier alpha value is -2.10. The second kappa shape index (κ2) is 7.49. The molecule has 3 rings (SSSR count). The highest BCUT2D eigenvalue weighted by Crippen LogP contribution is 2.57. The fourth-order valence-electron chi connectivity index (χ4n) is 3.12. The van der Waals surface area contributed by atoms with Crippen molar-refractivity contribution in [1.82, 2.24) is 15.6 Å². The Balaban J connectivity index is 1.65. The molecule has 0 bridgehead atoms. The van der Waals surface area contributed by atoms with Crippen LogP contribution in [0.4, 0.5) is 23.4 Å². The van der Waals surface area contributed by atoms with Crippen molar-refractivity contribution in [2.24, 2.45) is 5.41 Å². The van der Waals surface area contributed by atoms with Gasteiger partial charge in [0.05, 0.1) is 18.6 Å². The molecule has 3 N–H and O–H groups in total. The molecule has 0 spiro atoms. The lowest BCUT2D eigenvalue weighted by Gasteiger charge is -2.20. The van der Waals surface area contributed by atoms with E-state index in [4.69, 9.17) is 4.74 Å². The highest BCUT2D eigenvalue weighted by Gasteiger charge is 2.62. The van der Waals surface area contributed by atoms with Gasteiger partial charge in [-0.25, -0.2) is 4.39 Å². The largest absolute Gasteiger partial charge is 0.481 e. The van der Waals surface area contributed by atoms with Gasteiger partial charge in [-0.05, 0) is 38.3 Å². The zero-order chi connectivity index (χ0) is 19.7. The quantitative estimate of drug-likeness (QED) is 0.624. The molecular formula is C17H22F4N4O2.